The average Bonchev–Trinajstić information content (AvgIpc) is 2.86. The average molecular weight is 289 g/mol. The number of hydrogen-bond donors (Lipinski definition) is 1. The molecule has 2 heterocycles. The SMILES string of the molecule is N#Cc1cccc2c1nc(CCl)n2C1CCCNC1=O. The zero-order chi connectivity index (χ0) is 14.1. The Morgan fingerprint density at radius 2 is 2.40 bits per heavy atom. The van der Waals surface area contributed by atoms with E-state index in [2.05, 4.69) is 16.4 Å². The predicted molar refractivity (Wildman–Crippen MR) is 75.3 cm³/mol. The Bertz CT molecular complexity index is 716. The van der Waals surface area contributed by atoms with Gasteiger partial charge in [-0.2, -0.15) is 5.26 Å². The highest BCUT2D eigenvalue weighted by Gasteiger charge is 2.27. The van der Waals surface area contributed by atoms with Gasteiger partial charge in [0.1, 0.15) is 23.5 Å². The van der Waals surface area contributed by atoms with Crippen LogP contribution < -0.4 is 5.32 Å². The lowest BCUT2D eigenvalue weighted by atomic mass is 10.1. The summed E-state index contributed by atoms with van der Waals surface area (Å²) in [5.74, 6) is 0.833. The normalized spacial score (nSPS) is 18.8. The molecule has 0 saturated carbocycles. The number of amides is 1. The first-order valence-electron chi connectivity index (χ1n) is 6.50. The lowest BCUT2D eigenvalue weighted by molar-refractivity contribution is -0.125. The summed E-state index contributed by atoms with van der Waals surface area (Å²) in [4.78, 5) is 16.5. The van der Waals surface area contributed by atoms with Gasteiger partial charge in [-0.25, -0.2) is 4.98 Å². The second-order valence-electron chi connectivity index (χ2n) is 4.77. The molecule has 1 aromatic carbocycles. The number of carbonyl (C=O) groups excluding carboxylic acids is 1. The molecule has 1 saturated heterocycles. The van der Waals surface area contributed by atoms with Gasteiger partial charge in [0.25, 0.3) is 0 Å². The molecule has 1 amide bonds. The van der Waals surface area contributed by atoms with Crippen molar-refractivity contribution in [1.82, 2.24) is 14.9 Å². The van der Waals surface area contributed by atoms with Gasteiger partial charge in [-0.15, -0.1) is 11.6 Å². The molecule has 1 unspecified atom stereocenters. The predicted octanol–water partition coefficient (Wildman–Crippen LogP) is 2.10. The number of nitrogens with zero attached hydrogens (tertiary/aromatic N) is 3. The van der Waals surface area contributed by atoms with E-state index in [0.29, 0.717) is 23.4 Å². The van der Waals surface area contributed by atoms with Crippen LogP contribution in [-0.2, 0) is 10.7 Å². The minimum absolute atomic E-state index is 0.00993. The number of hydrogen-bond acceptors (Lipinski definition) is 3. The van der Waals surface area contributed by atoms with Crippen molar-refractivity contribution < 1.29 is 4.79 Å². The number of nitrogens with one attached hydrogen (secondary N) is 1. The Labute approximate surface area is 121 Å². The third-order valence-electron chi connectivity index (χ3n) is 3.60. The number of carbonyl (C=O) groups is 1. The van der Waals surface area contributed by atoms with Gasteiger partial charge in [0, 0.05) is 6.54 Å². The van der Waals surface area contributed by atoms with E-state index in [9.17, 15) is 4.79 Å². The van der Waals surface area contributed by atoms with Crippen LogP contribution >= 0.6 is 11.6 Å². The maximum absolute atomic E-state index is 12.1. The van der Waals surface area contributed by atoms with E-state index in [1.165, 1.54) is 0 Å². The number of para-hydroxylation sites is 1. The van der Waals surface area contributed by atoms with Crippen LogP contribution in [0, 0.1) is 11.3 Å². The number of fused-ring (bicyclic) bond motifs is 1. The number of imidazole rings is 1. The first-order chi connectivity index (χ1) is 9.76. The standard InChI is InChI=1S/C14H13ClN4O/c15-7-12-18-13-9(8-16)3-1-4-10(13)19(12)11-5-2-6-17-14(11)20/h1,3-4,11H,2,5-7H2,(H,17,20). The van der Waals surface area contributed by atoms with Crippen molar-refractivity contribution in [3.05, 3.63) is 29.6 Å². The van der Waals surface area contributed by atoms with Gasteiger partial charge in [-0.1, -0.05) is 6.07 Å². The van der Waals surface area contributed by atoms with Crippen molar-refractivity contribution in [1.29, 1.82) is 5.26 Å². The van der Waals surface area contributed by atoms with Crippen LogP contribution in [-0.4, -0.2) is 22.0 Å². The summed E-state index contributed by atoms with van der Waals surface area (Å²) in [5, 5.41) is 12.0. The van der Waals surface area contributed by atoms with Crippen LogP contribution in [0.1, 0.15) is 30.3 Å². The third-order valence-corrected chi connectivity index (χ3v) is 3.84. The van der Waals surface area contributed by atoms with E-state index in [0.717, 1.165) is 18.4 Å². The molecular formula is C14H13ClN4O. The van der Waals surface area contributed by atoms with Crippen LogP contribution in [0.5, 0.6) is 0 Å². The second kappa shape index (κ2) is 5.14. The second-order valence-corrected chi connectivity index (χ2v) is 5.03. The highest BCUT2D eigenvalue weighted by Crippen LogP contribution is 2.28. The zero-order valence-electron chi connectivity index (χ0n) is 10.8. The van der Waals surface area contributed by atoms with Crippen LogP contribution in [0.2, 0.25) is 0 Å². The molecule has 1 N–H and O–H groups in total. The van der Waals surface area contributed by atoms with E-state index >= 15 is 0 Å². The smallest absolute Gasteiger partial charge is 0.243 e. The minimum Gasteiger partial charge on any atom is -0.354 e. The summed E-state index contributed by atoms with van der Waals surface area (Å²) in [6.07, 6.45) is 1.69. The molecule has 6 heteroatoms. The largest absolute Gasteiger partial charge is 0.354 e. The summed E-state index contributed by atoms with van der Waals surface area (Å²) < 4.78 is 1.87. The minimum atomic E-state index is -0.295. The van der Waals surface area contributed by atoms with E-state index in [4.69, 9.17) is 16.9 Å². The van der Waals surface area contributed by atoms with Crippen LogP contribution in [0.3, 0.4) is 0 Å². The number of alkyl halides is 1. The molecule has 0 radical (unpaired) electrons. The lowest BCUT2D eigenvalue weighted by Crippen LogP contribution is -2.38. The first-order valence-corrected chi connectivity index (χ1v) is 7.03. The van der Waals surface area contributed by atoms with E-state index < -0.39 is 0 Å². The topological polar surface area (TPSA) is 70.7 Å². The van der Waals surface area contributed by atoms with Gasteiger partial charge in [0.2, 0.25) is 5.91 Å². The molecule has 102 valence electrons. The molecule has 20 heavy (non-hydrogen) atoms. The molecule has 0 spiro atoms. The number of nitriles is 1. The summed E-state index contributed by atoms with van der Waals surface area (Å²) in [5.41, 5.74) is 1.91. The Hall–Kier alpha value is -2.06. The summed E-state index contributed by atoms with van der Waals surface area (Å²) in [6, 6.07) is 7.23. The van der Waals surface area contributed by atoms with Gasteiger partial charge in [0.05, 0.1) is 17.0 Å². The van der Waals surface area contributed by atoms with Crippen molar-refractivity contribution in [2.24, 2.45) is 0 Å². The summed E-state index contributed by atoms with van der Waals surface area (Å²) in [7, 11) is 0. The van der Waals surface area contributed by atoms with E-state index in [1.54, 1.807) is 12.1 Å². The highest BCUT2D eigenvalue weighted by atomic mass is 35.5. The van der Waals surface area contributed by atoms with Crippen molar-refractivity contribution in [2.75, 3.05) is 6.54 Å². The number of aromatic nitrogens is 2. The monoisotopic (exact) mass is 288 g/mol. The van der Waals surface area contributed by atoms with Crippen LogP contribution in [0.15, 0.2) is 18.2 Å². The van der Waals surface area contributed by atoms with Gasteiger partial charge >= 0.3 is 0 Å². The third kappa shape index (κ3) is 1.93. The van der Waals surface area contributed by atoms with E-state index in [1.807, 2.05) is 10.6 Å². The Balaban J connectivity index is 2.23. The number of halogens is 1. The van der Waals surface area contributed by atoms with E-state index in [-0.39, 0.29) is 17.8 Å². The molecule has 1 aliphatic heterocycles. The summed E-state index contributed by atoms with van der Waals surface area (Å²) >= 11 is 5.97. The van der Waals surface area contributed by atoms with Crippen molar-refractivity contribution in [3.63, 3.8) is 0 Å². The molecule has 1 atom stereocenters. The molecule has 3 rings (SSSR count). The molecular weight excluding hydrogens is 276 g/mol. The molecule has 5 nitrogen and oxygen atoms in total. The highest BCUT2D eigenvalue weighted by molar-refractivity contribution is 6.17. The summed E-state index contributed by atoms with van der Waals surface area (Å²) in [6.45, 7) is 0.710. The quantitative estimate of drug-likeness (QED) is 0.860. The fourth-order valence-corrected chi connectivity index (χ4v) is 2.89. The Morgan fingerprint density at radius 1 is 1.55 bits per heavy atom. The number of piperidine rings is 1. The lowest BCUT2D eigenvalue weighted by Gasteiger charge is -2.24. The number of benzene rings is 1. The van der Waals surface area contributed by atoms with Crippen molar-refractivity contribution in [2.45, 2.75) is 24.8 Å². The van der Waals surface area contributed by atoms with Gasteiger partial charge in [0.15, 0.2) is 0 Å². The van der Waals surface area contributed by atoms with Crippen molar-refractivity contribution >= 4 is 28.5 Å². The zero-order valence-corrected chi connectivity index (χ0v) is 11.5. The Kier molecular flexibility index (Phi) is 3.33. The molecule has 1 aromatic heterocycles. The fraction of sp³-hybridized carbons (Fsp3) is 0.357. The van der Waals surface area contributed by atoms with Gasteiger partial charge in [-0.3, -0.25) is 4.79 Å². The first kappa shape index (κ1) is 12.9. The molecule has 0 bridgehead atoms. The molecule has 2 aromatic rings. The maximum atomic E-state index is 12.1. The fourth-order valence-electron chi connectivity index (χ4n) is 2.70. The molecule has 1 aliphatic rings. The molecule has 1 fully saturated rings. The molecule has 0 aliphatic carbocycles. The number of rotatable bonds is 2. The van der Waals surface area contributed by atoms with Crippen LogP contribution in [0.25, 0.3) is 11.0 Å². The Morgan fingerprint density at radius 3 is 3.10 bits per heavy atom. The van der Waals surface area contributed by atoms with Crippen molar-refractivity contribution in [3.8, 4) is 6.07 Å². The van der Waals surface area contributed by atoms with Gasteiger partial charge in [-0.05, 0) is 25.0 Å². The van der Waals surface area contributed by atoms with Gasteiger partial charge < -0.3 is 9.88 Å². The van der Waals surface area contributed by atoms with Crippen LogP contribution in [0.4, 0.5) is 0 Å². The maximum Gasteiger partial charge on any atom is 0.243 e.